The number of nitrogens with one attached hydrogen (secondary N) is 1. The van der Waals surface area contributed by atoms with Gasteiger partial charge in [0, 0.05) is 6.42 Å². The van der Waals surface area contributed by atoms with Crippen molar-refractivity contribution in [2.45, 2.75) is 58.3 Å². The standard InChI is InChI=1S/C19H28N2O4/c1-2-3-4-5-6-7-8-9-18(22)21-20-14-16-10-12-17(13-11-16)25-15-19(23)24/h10-14H,2-9,15H2,1H3,(H,21,22)(H,23,24)/b20-14-. The predicted octanol–water partition coefficient (Wildman–Crippen LogP) is 3.74. The van der Waals surface area contributed by atoms with Crippen LogP contribution in [0.25, 0.3) is 0 Å². The van der Waals surface area contributed by atoms with Crippen molar-refractivity contribution in [3.63, 3.8) is 0 Å². The second kappa shape index (κ2) is 13.0. The van der Waals surface area contributed by atoms with Gasteiger partial charge in [-0.3, -0.25) is 4.79 Å². The fraction of sp³-hybridized carbons (Fsp3) is 0.526. The van der Waals surface area contributed by atoms with Crippen LogP contribution in [-0.4, -0.2) is 29.8 Å². The summed E-state index contributed by atoms with van der Waals surface area (Å²) in [5.74, 6) is -0.622. The molecule has 25 heavy (non-hydrogen) atoms. The van der Waals surface area contributed by atoms with E-state index in [1.54, 1.807) is 30.5 Å². The molecule has 0 atom stereocenters. The minimum absolute atomic E-state index is 0.0776. The van der Waals surface area contributed by atoms with Gasteiger partial charge in [-0.1, -0.05) is 45.4 Å². The van der Waals surface area contributed by atoms with Crippen molar-refractivity contribution >= 4 is 18.1 Å². The van der Waals surface area contributed by atoms with Gasteiger partial charge in [0.2, 0.25) is 5.91 Å². The van der Waals surface area contributed by atoms with E-state index in [1.165, 1.54) is 32.1 Å². The van der Waals surface area contributed by atoms with Crippen LogP contribution in [0.15, 0.2) is 29.4 Å². The molecule has 6 heteroatoms. The molecule has 0 bridgehead atoms. The molecule has 0 aliphatic heterocycles. The Hall–Kier alpha value is -2.37. The van der Waals surface area contributed by atoms with Crippen LogP contribution >= 0.6 is 0 Å². The summed E-state index contributed by atoms with van der Waals surface area (Å²) < 4.78 is 5.04. The lowest BCUT2D eigenvalue weighted by Crippen LogP contribution is -2.16. The maximum atomic E-state index is 11.7. The molecule has 0 radical (unpaired) electrons. The first-order valence-corrected chi connectivity index (χ1v) is 8.88. The summed E-state index contributed by atoms with van der Waals surface area (Å²) in [6, 6.07) is 6.79. The van der Waals surface area contributed by atoms with Crippen LogP contribution in [-0.2, 0) is 9.59 Å². The molecule has 0 aliphatic carbocycles. The first-order chi connectivity index (χ1) is 12.1. The number of benzene rings is 1. The van der Waals surface area contributed by atoms with Crippen LogP contribution in [0.5, 0.6) is 5.75 Å². The number of hydrazone groups is 1. The molecule has 1 aromatic rings. The molecule has 0 saturated carbocycles. The molecule has 6 nitrogen and oxygen atoms in total. The molecule has 0 heterocycles. The summed E-state index contributed by atoms with van der Waals surface area (Å²) >= 11 is 0. The predicted molar refractivity (Wildman–Crippen MR) is 97.9 cm³/mol. The van der Waals surface area contributed by atoms with E-state index in [4.69, 9.17) is 9.84 Å². The maximum absolute atomic E-state index is 11.7. The topological polar surface area (TPSA) is 88.0 Å². The highest BCUT2D eigenvalue weighted by molar-refractivity contribution is 5.82. The zero-order valence-electron chi connectivity index (χ0n) is 14.9. The van der Waals surface area contributed by atoms with Gasteiger partial charge in [0.15, 0.2) is 6.61 Å². The first-order valence-electron chi connectivity index (χ1n) is 8.88. The maximum Gasteiger partial charge on any atom is 0.341 e. The van der Waals surface area contributed by atoms with Gasteiger partial charge in [0.25, 0.3) is 0 Å². The third-order valence-electron chi connectivity index (χ3n) is 3.65. The van der Waals surface area contributed by atoms with Gasteiger partial charge < -0.3 is 9.84 Å². The zero-order chi connectivity index (χ0) is 18.3. The number of carboxylic acid groups (broad SMARTS) is 1. The highest BCUT2D eigenvalue weighted by Gasteiger charge is 2.00. The molecule has 138 valence electrons. The number of unbranched alkanes of at least 4 members (excludes halogenated alkanes) is 6. The molecule has 1 amide bonds. The van der Waals surface area contributed by atoms with Crippen LogP contribution in [0.4, 0.5) is 0 Å². The Morgan fingerprint density at radius 1 is 1.08 bits per heavy atom. The van der Waals surface area contributed by atoms with Gasteiger partial charge in [0.05, 0.1) is 6.21 Å². The number of carbonyl (C=O) groups excluding carboxylic acids is 1. The molecular formula is C19H28N2O4. The van der Waals surface area contributed by atoms with Crippen molar-refractivity contribution in [1.29, 1.82) is 0 Å². The Labute approximate surface area is 149 Å². The lowest BCUT2D eigenvalue weighted by molar-refractivity contribution is -0.139. The monoisotopic (exact) mass is 348 g/mol. The van der Waals surface area contributed by atoms with Crippen molar-refractivity contribution in [2.75, 3.05) is 6.61 Å². The van der Waals surface area contributed by atoms with Crippen molar-refractivity contribution in [2.24, 2.45) is 5.10 Å². The van der Waals surface area contributed by atoms with E-state index in [1.807, 2.05) is 0 Å². The second-order valence-corrected chi connectivity index (χ2v) is 5.92. The highest BCUT2D eigenvalue weighted by Crippen LogP contribution is 2.11. The number of carboxylic acids is 1. The fourth-order valence-electron chi connectivity index (χ4n) is 2.27. The van der Waals surface area contributed by atoms with E-state index in [-0.39, 0.29) is 12.5 Å². The number of aliphatic carboxylic acids is 1. The average Bonchev–Trinajstić information content (AvgIpc) is 2.60. The van der Waals surface area contributed by atoms with Crippen molar-refractivity contribution in [3.05, 3.63) is 29.8 Å². The van der Waals surface area contributed by atoms with E-state index in [0.29, 0.717) is 12.2 Å². The average molecular weight is 348 g/mol. The Balaban J connectivity index is 2.17. The lowest BCUT2D eigenvalue weighted by atomic mass is 10.1. The van der Waals surface area contributed by atoms with E-state index in [2.05, 4.69) is 17.5 Å². The number of hydrogen-bond acceptors (Lipinski definition) is 4. The summed E-state index contributed by atoms with van der Waals surface area (Å²) in [7, 11) is 0. The molecule has 0 aromatic heterocycles. The molecule has 0 unspecified atom stereocenters. The molecule has 0 aliphatic rings. The summed E-state index contributed by atoms with van der Waals surface area (Å²) in [6.45, 7) is 1.83. The number of amides is 1. The van der Waals surface area contributed by atoms with Gasteiger partial charge in [-0.25, -0.2) is 10.2 Å². The number of carbonyl (C=O) groups is 2. The van der Waals surface area contributed by atoms with Crippen LogP contribution < -0.4 is 10.2 Å². The van der Waals surface area contributed by atoms with E-state index >= 15 is 0 Å². The molecular weight excluding hydrogens is 320 g/mol. The Kier molecular flexibility index (Phi) is 10.7. The Morgan fingerprint density at radius 3 is 2.36 bits per heavy atom. The molecule has 2 N–H and O–H groups in total. The molecule has 1 rings (SSSR count). The Bertz CT molecular complexity index is 541. The number of ether oxygens (including phenoxy) is 1. The van der Waals surface area contributed by atoms with Gasteiger partial charge in [-0.15, -0.1) is 0 Å². The van der Waals surface area contributed by atoms with Crippen molar-refractivity contribution < 1.29 is 19.4 Å². The zero-order valence-corrected chi connectivity index (χ0v) is 14.9. The van der Waals surface area contributed by atoms with Gasteiger partial charge >= 0.3 is 5.97 Å². The van der Waals surface area contributed by atoms with Gasteiger partial charge in [-0.05, 0) is 36.2 Å². The fourth-order valence-corrected chi connectivity index (χ4v) is 2.27. The smallest absolute Gasteiger partial charge is 0.341 e. The summed E-state index contributed by atoms with van der Waals surface area (Å²) in [5, 5.41) is 12.5. The summed E-state index contributed by atoms with van der Waals surface area (Å²) in [5.41, 5.74) is 3.31. The summed E-state index contributed by atoms with van der Waals surface area (Å²) in [4.78, 5) is 22.1. The Morgan fingerprint density at radius 2 is 1.72 bits per heavy atom. The minimum Gasteiger partial charge on any atom is -0.482 e. The van der Waals surface area contributed by atoms with Crippen molar-refractivity contribution in [3.8, 4) is 5.75 Å². The largest absolute Gasteiger partial charge is 0.482 e. The van der Waals surface area contributed by atoms with Crippen molar-refractivity contribution in [1.82, 2.24) is 5.43 Å². The first kappa shape index (κ1) is 20.7. The minimum atomic E-state index is -1.02. The quantitative estimate of drug-likeness (QED) is 0.323. The summed E-state index contributed by atoms with van der Waals surface area (Å²) in [6.07, 6.45) is 10.3. The van der Waals surface area contributed by atoms with Crippen LogP contribution in [0.2, 0.25) is 0 Å². The van der Waals surface area contributed by atoms with E-state index in [0.717, 1.165) is 18.4 Å². The van der Waals surface area contributed by atoms with Crippen LogP contribution in [0, 0.1) is 0 Å². The second-order valence-electron chi connectivity index (χ2n) is 5.92. The normalized spacial score (nSPS) is 10.8. The molecule has 1 aromatic carbocycles. The lowest BCUT2D eigenvalue weighted by Gasteiger charge is -2.03. The SMILES string of the molecule is CCCCCCCCCC(=O)N/N=C\c1ccc(OCC(=O)O)cc1. The van der Waals surface area contributed by atoms with Crippen LogP contribution in [0.1, 0.15) is 63.9 Å². The molecule has 0 fully saturated rings. The van der Waals surface area contributed by atoms with Gasteiger partial charge in [-0.2, -0.15) is 5.10 Å². The molecule has 0 saturated heterocycles. The third kappa shape index (κ3) is 10.9. The van der Waals surface area contributed by atoms with Crippen LogP contribution in [0.3, 0.4) is 0 Å². The highest BCUT2D eigenvalue weighted by atomic mass is 16.5. The molecule has 0 spiro atoms. The van der Waals surface area contributed by atoms with E-state index in [9.17, 15) is 9.59 Å². The number of hydrogen-bond donors (Lipinski definition) is 2. The van der Waals surface area contributed by atoms with Gasteiger partial charge in [0.1, 0.15) is 5.75 Å². The number of rotatable bonds is 13. The van der Waals surface area contributed by atoms with E-state index < -0.39 is 5.97 Å². The number of nitrogens with zero attached hydrogens (tertiary/aromatic N) is 1. The third-order valence-corrected chi connectivity index (χ3v) is 3.65.